The maximum Gasteiger partial charge on any atom is 0.269 e. The standard InChI is InChI=1S/C20H20FN3O3/c1-13(2)19(26)22-17-10-6-15(7-11-17)20(27)24-23-18(25)12-5-14-3-8-16(21)9-4-14/h3-13H,1-2H3,(H,22,26)(H,23,25)(H,24,27)/b12-5+. The van der Waals surface area contributed by atoms with Crippen LogP contribution >= 0.6 is 0 Å². The monoisotopic (exact) mass is 369 g/mol. The Kier molecular flexibility index (Phi) is 6.82. The van der Waals surface area contributed by atoms with E-state index in [1.165, 1.54) is 48.6 Å². The van der Waals surface area contributed by atoms with Crippen molar-refractivity contribution in [3.8, 4) is 0 Å². The van der Waals surface area contributed by atoms with Gasteiger partial charge in [0.2, 0.25) is 5.91 Å². The first-order valence-corrected chi connectivity index (χ1v) is 8.30. The van der Waals surface area contributed by atoms with E-state index >= 15 is 0 Å². The summed E-state index contributed by atoms with van der Waals surface area (Å²) in [6.45, 7) is 3.56. The zero-order chi connectivity index (χ0) is 19.8. The van der Waals surface area contributed by atoms with Crippen molar-refractivity contribution in [3.63, 3.8) is 0 Å². The van der Waals surface area contributed by atoms with Crippen LogP contribution in [0.2, 0.25) is 0 Å². The van der Waals surface area contributed by atoms with Crippen LogP contribution in [0.1, 0.15) is 29.8 Å². The molecule has 2 aromatic carbocycles. The van der Waals surface area contributed by atoms with Crippen LogP contribution in [0.15, 0.2) is 54.6 Å². The zero-order valence-electron chi connectivity index (χ0n) is 15.0. The highest BCUT2D eigenvalue weighted by atomic mass is 19.1. The molecule has 7 heteroatoms. The lowest BCUT2D eigenvalue weighted by Gasteiger charge is -2.09. The van der Waals surface area contributed by atoms with Crippen molar-refractivity contribution in [1.29, 1.82) is 0 Å². The molecule has 0 aromatic heterocycles. The molecule has 3 N–H and O–H groups in total. The molecule has 0 aliphatic carbocycles. The molecule has 0 fully saturated rings. The quantitative estimate of drug-likeness (QED) is 0.559. The maximum atomic E-state index is 12.8. The van der Waals surface area contributed by atoms with Gasteiger partial charge in [0, 0.05) is 23.2 Å². The maximum absolute atomic E-state index is 12.8. The molecule has 0 saturated carbocycles. The number of rotatable bonds is 5. The summed E-state index contributed by atoms with van der Waals surface area (Å²) >= 11 is 0. The van der Waals surface area contributed by atoms with E-state index in [0.29, 0.717) is 16.8 Å². The third-order valence-electron chi connectivity index (χ3n) is 3.54. The molecule has 3 amide bonds. The SMILES string of the molecule is CC(C)C(=O)Nc1ccc(C(=O)NNC(=O)/C=C/c2ccc(F)cc2)cc1. The van der Waals surface area contributed by atoms with E-state index in [1.54, 1.807) is 26.0 Å². The number of hydrogen-bond donors (Lipinski definition) is 3. The van der Waals surface area contributed by atoms with Crippen molar-refractivity contribution in [1.82, 2.24) is 10.9 Å². The van der Waals surface area contributed by atoms with Gasteiger partial charge in [0.05, 0.1) is 0 Å². The number of nitrogens with one attached hydrogen (secondary N) is 3. The molecule has 0 heterocycles. The fraction of sp³-hybridized carbons (Fsp3) is 0.150. The lowest BCUT2D eigenvalue weighted by molar-refractivity contribution is -0.119. The van der Waals surface area contributed by atoms with Crippen LogP contribution in [0.3, 0.4) is 0 Å². The van der Waals surface area contributed by atoms with Crippen molar-refractivity contribution >= 4 is 29.5 Å². The second-order valence-corrected chi connectivity index (χ2v) is 6.05. The first kappa shape index (κ1) is 19.8. The van der Waals surface area contributed by atoms with Crippen molar-refractivity contribution in [2.75, 3.05) is 5.32 Å². The molecule has 2 rings (SSSR count). The summed E-state index contributed by atoms with van der Waals surface area (Å²) in [5.74, 6) is -1.66. The summed E-state index contributed by atoms with van der Waals surface area (Å²) in [5, 5.41) is 2.72. The van der Waals surface area contributed by atoms with E-state index in [1.807, 2.05) is 0 Å². The van der Waals surface area contributed by atoms with Gasteiger partial charge in [0.25, 0.3) is 11.8 Å². The molecule has 0 aliphatic rings. The second kappa shape index (κ2) is 9.28. The third kappa shape index (κ3) is 6.39. The van der Waals surface area contributed by atoms with Gasteiger partial charge in [0.15, 0.2) is 0 Å². The lowest BCUT2D eigenvalue weighted by Crippen LogP contribution is -2.40. The number of amides is 3. The predicted octanol–water partition coefficient (Wildman–Crippen LogP) is 2.89. The first-order valence-electron chi connectivity index (χ1n) is 8.30. The normalized spacial score (nSPS) is 10.7. The van der Waals surface area contributed by atoms with Crippen LogP contribution in [0, 0.1) is 11.7 Å². The predicted molar refractivity (Wildman–Crippen MR) is 101 cm³/mol. The van der Waals surface area contributed by atoms with Gasteiger partial charge in [-0.25, -0.2) is 4.39 Å². The summed E-state index contributed by atoms with van der Waals surface area (Å²) in [7, 11) is 0. The molecule has 0 radical (unpaired) electrons. The largest absolute Gasteiger partial charge is 0.326 e. The van der Waals surface area contributed by atoms with E-state index in [2.05, 4.69) is 16.2 Å². The highest BCUT2D eigenvalue weighted by molar-refractivity contribution is 5.98. The molecule has 2 aromatic rings. The van der Waals surface area contributed by atoms with Crippen molar-refractivity contribution < 1.29 is 18.8 Å². The Hall–Kier alpha value is -3.48. The average molecular weight is 369 g/mol. The van der Waals surface area contributed by atoms with Crippen LogP contribution in [-0.2, 0) is 9.59 Å². The molecular weight excluding hydrogens is 349 g/mol. The summed E-state index contributed by atoms with van der Waals surface area (Å²) < 4.78 is 12.8. The highest BCUT2D eigenvalue weighted by Crippen LogP contribution is 2.11. The highest BCUT2D eigenvalue weighted by Gasteiger charge is 2.09. The second-order valence-electron chi connectivity index (χ2n) is 6.05. The Morgan fingerprint density at radius 1 is 0.926 bits per heavy atom. The average Bonchev–Trinajstić information content (AvgIpc) is 2.66. The Morgan fingerprint density at radius 3 is 2.15 bits per heavy atom. The van der Waals surface area contributed by atoms with E-state index in [-0.39, 0.29) is 17.6 Å². The minimum absolute atomic E-state index is 0.118. The van der Waals surface area contributed by atoms with Gasteiger partial charge in [-0.1, -0.05) is 26.0 Å². The van der Waals surface area contributed by atoms with Crippen LogP contribution in [0.4, 0.5) is 10.1 Å². The third-order valence-corrected chi connectivity index (χ3v) is 3.54. The molecule has 0 bridgehead atoms. The Morgan fingerprint density at radius 2 is 1.56 bits per heavy atom. The minimum Gasteiger partial charge on any atom is -0.326 e. The van der Waals surface area contributed by atoms with Crippen molar-refractivity contribution in [3.05, 3.63) is 71.6 Å². The molecule has 27 heavy (non-hydrogen) atoms. The number of benzene rings is 2. The van der Waals surface area contributed by atoms with E-state index in [0.717, 1.165) is 0 Å². The summed E-state index contributed by atoms with van der Waals surface area (Å²) in [6.07, 6.45) is 2.71. The molecule has 0 aliphatic heterocycles. The molecule has 0 unspecified atom stereocenters. The van der Waals surface area contributed by atoms with Crippen LogP contribution in [-0.4, -0.2) is 17.7 Å². The summed E-state index contributed by atoms with van der Waals surface area (Å²) in [6, 6.07) is 11.9. The van der Waals surface area contributed by atoms with Gasteiger partial charge in [0.1, 0.15) is 5.82 Å². The zero-order valence-corrected chi connectivity index (χ0v) is 15.0. The van der Waals surface area contributed by atoms with E-state index in [9.17, 15) is 18.8 Å². The molecule has 140 valence electrons. The molecule has 0 saturated heterocycles. The number of anilines is 1. The summed E-state index contributed by atoms with van der Waals surface area (Å²) in [5.41, 5.74) is 6.09. The smallest absolute Gasteiger partial charge is 0.269 e. The van der Waals surface area contributed by atoms with Gasteiger partial charge < -0.3 is 5.32 Å². The van der Waals surface area contributed by atoms with E-state index in [4.69, 9.17) is 0 Å². The molecular formula is C20H20FN3O3. The fourth-order valence-electron chi connectivity index (χ4n) is 1.97. The Balaban J connectivity index is 1.85. The van der Waals surface area contributed by atoms with Crippen molar-refractivity contribution in [2.24, 2.45) is 5.92 Å². The van der Waals surface area contributed by atoms with Crippen molar-refractivity contribution in [2.45, 2.75) is 13.8 Å². The Bertz CT molecular complexity index is 844. The first-order chi connectivity index (χ1) is 12.8. The van der Waals surface area contributed by atoms with Gasteiger partial charge in [-0.15, -0.1) is 0 Å². The summed E-state index contributed by atoms with van der Waals surface area (Å²) in [4.78, 5) is 35.4. The van der Waals surface area contributed by atoms with Crippen LogP contribution in [0.25, 0.3) is 6.08 Å². The lowest BCUT2D eigenvalue weighted by atomic mass is 10.1. The van der Waals surface area contributed by atoms with Gasteiger partial charge in [-0.05, 0) is 48.0 Å². The number of halogens is 1. The topological polar surface area (TPSA) is 87.3 Å². The molecule has 6 nitrogen and oxygen atoms in total. The van der Waals surface area contributed by atoms with Gasteiger partial charge >= 0.3 is 0 Å². The number of carbonyl (C=O) groups excluding carboxylic acids is 3. The fourth-order valence-corrected chi connectivity index (χ4v) is 1.97. The molecule has 0 atom stereocenters. The number of hydrazine groups is 1. The number of hydrogen-bond acceptors (Lipinski definition) is 3. The van der Waals surface area contributed by atoms with Crippen LogP contribution in [0.5, 0.6) is 0 Å². The van der Waals surface area contributed by atoms with E-state index < -0.39 is 11.8 Å². The Labute approximate surface area is 156 Å². The van der Waals surface area contributed by atoms with Gasteiger partial charge in [-0.3, -0.25) is 25.2 Å². The number of carbonyl (C=O) groups is 3. The minimum atomic E-state index is -0.534. The molecule has 0 spiro atoms. The van der Waals surface area contributed by atoms with Crippen LogP contribution < -0.4 is 16.2 Å². The van der Waals surface area contributed by atoms with Gasteiger partial charge in [-0.2, -0.15) is 0 Å².